The van der Waals surface area contributed by atoms with Gasteiger partial charge in [0.1, 0.15) is 23.8 Å². The van der Waals surface area contributed by atoms with Gasteiger partial charge in [0.25, 0.3) is 5.88 Å². The van der Waals surface area contributed by atoms with E-state index in [1.165, 1.54) is 6.92 Å². The van der Waals surface area contributed by atoms with Gasteiger partial charge in [-0.15, -0.1) is 0 Å². The third kappa shape index (κ3) is 5.64. The highest BCUT2D eigenvalue weighted by molar-refractivity contribution is 7.90. The van der Waals surface area contributed by atoms with E-state index < -0.39 is 15.4 Å². The molecule has 0 atom stereocenters. The first kappa shape index (κ1) is 25.7. The van der Waals surface area contributed by atoms with E-state index in [9.17, 15) is 13.2 Å². The Morgan fingerprint density at radius 3 is 2.55 bits per heavy atom. The number of amides is 1. The average Bonchev–Trinajstić information content (AvgIpc) is 3.38. The minimum Gasteiger partial charge on any atom is -0.479 e. The Kier molecular flexibility index (Phi) is 6.59. The summed E-state index contributed by atoms with van der Waals surface area (Å²) in [7, 11) is -3.57. The molecule has 0 aliphatic carbocycles. The zero-order valence-corrected chi connectivity index (χ0v) is 22.6. The van der Waals surface area contributed by atoms with E-state index in [0.717, 1.165) is 37.9 Å². The number of rotatable bonds is 6. The van der Waals surface area contributed by atoms with Crippen LogP contribution in [0.2, 0.25) is 0 Å². The van der Waals surface area contributed by atoms with Crippen LogP contribution in [0.25, 0.3) is 11.3 Å². The number of carbonyl (C=O) groups excluding carboxylic acids is 1. The van der Waals surface area contributed by atoms with Gasteiger partial charge in [0.15, 0.2) is 20.6 Å². The average molecular weight is 539 g/mol. The van der Waals surface area contributed by atoms with Crippen molar-refractivity contribution in [3.8, 4) is 22.9 Å². The fourth-order valence-corrected chi connectivity index (χ4v) is 4.98. The lowest BCUT2D eigenvalue weighted by Gasteiger charge is -2.31. The summed E-state index contributed by atoms with van der Waals surface area (Å²) >= 11 is 0. The second kappa shape index (κ2) is 9.75. The van der Waals surface area contributed by atoms with Crippen molar-refractivity contribution in [3.63, 3.8) is 0 Å². The molecule has 0 aromatic carbocycles. The molecular formula is C26H30N6O5S. The summed E-state index contributed by atoms with van der Waals surface area (Å²) in [5.74, 6) is 1.30. The van der Waals surface area contributed by atoms with Gasteiger partial charge in [-0.3, -0.25) is 4.79 Å². The van der Waals surface area contributed by atoms with Gasteiger partial charge >= 0.3 is 0 Å². The molecule has 2 aliphatic rings. The molecule has 2 aliphatic heterocycles. The van der Waals surface area contributed by atoms with Gasteiger partial charge in [-0.1, -0.05) is 0 Å². The van der Waals surface area contributed by atoms with Gasteiger partial charge in [0.2, 0.25) is 5.91 Å². The summed E-state index contributed by atoms with van der Waals surface area (Å²) in [6.07, 6.45) is 4.81. The largest absolute Gasteiger partial charge is 0.479 e. The topological polar surface area (TPSA) is 136 Å². The Hall–Kier alpha value is -3.93. The number of hydrogen-bond acceptors (Lipinski definition) is 10. The molecule has 0 unspecified atom stereocenters. The SMILES string of the molecule is CC(=O)Nc1cc(Nc2cc(N3CCCC3)cc(S(C)(=O)=O)n2)c(-c2ccc3c(n2)OCC(C)(C)O3)cn1. The molecule has 0 radical (unpaired) electrons. The second-order valence-electron chi connectivity index (χ2n) is 10.1. The Labute approximate surface area is 221 Å². The minimum atomic E-state index is -3.57. The van der Waals surface area contributed by atoms with Crippen molar-refractivity contribution < 1.29 is 22.7 Å². The molecule has 0 bridgehead atoms. The predicted octanol–water partition coefficient (Wildman–Crippen LogP) is 3.79. The van der Waals surface area contributed by atoms with Crippen molar-refractivity contribution in [2.45, 2.75) is 44.2 Å². The number of aromatic nitrogens is 3. The molecule has 38 heavy (non-hydrogen) atoms. The summed E-state index contributed by atoms with van der Waals surface area (Å²) in [4.78, 5) is 27.2. The maximum absolute atomic E-state index is 12.4. The lowest BCUT2D eigenvalue weighted by atomic mass is 10.1. The molecule has 2 N–H and O–H groups in total. The van der Waals surface area contributed by atoms with Crippen LogP contribution in [0.3, 0.4) is 0 Å². The second-order valence-corrected chi connectivity index (χ2v) is 12.0. The Balaban J connectivity index is 1.57. The number of anilines is 4. The molecule has 5 heterocycles. The van der Waals surface area contributed by atoms with Crippen LogP contribution in [0.15, 0.2) is 41.6 Å². The molecule has 12 heteroatoms. The normalized spacial score (nSPS) is 16.3. The fourth-order valence-electron chi connectivity index (χ4n) is 4.38. The zero-order chi connectivity index (χ0) is 27.1. The summed E-state index contributed by atoms with van der Waals surface area (Å²) in [6.45, 7) is 7.31. The maximum atomic E-state index is 12.4. The minimum absolute atomic E-state index is 0.0258. The summed E-state index contributed by atoms with van der Waals surface area (Å²) in [5.41, 5.74) is 1.99. The highest BCUT2D eigenvalue weighted by Crippen LogP contribution is 2.38. The van der Waals surface area contributed by atoms with Crippen LogP contribution >= 0.6 is 0 Å². The number of sulfone groups is 1. The molecule has 3 aromatic heterocycles. The number of carbonyl (C=O) groups is 1. The fraction of sp³-hybridized carbons (Fsp3) is 0.385. The van der Waals surface area contributed by atoms with Crippen LogP contribution < -0.4 is 25.0 Å². The van der Waals surface area contributed by atoms with E-state index in [4.69, 9.17) is 9.47 Å². The third-order valence-corrected chi connectivity index (χ3v) is 7.12. The van der Waals surface area contributed by atoms with Gasteiger partial charge in [0.05, 0.1) is 11.4 Å². The van der Waals surface area contributed by atoms with Crippen molar-refractivity contribution in [3.05, 3.63) is 36.5 Å². The Morgan fingerprint density at radius 2 is 1.84 bits per heavy atom. The van der Waals surface area contributed by atoms with Crippen LogP contribution in [0, 0.1) is 0 Å². The number of ether oxygens (including phenoxy) is 2. The lowest BCUT2D eigenvalue weighted by Crippen LogP contribution is -2.39. The quantitative estimate of drug-likeness (QED) is 0.477. The number of hydrogen-bond donors (Lipinski definition) is 2. The highest BCUT2D eigenvalue weighted by atomic mass is 32.2. The monoisotopic (exact) mass is 538 g/mol. The molecule has 1 fully saturated rings. The van der Waals surface area contributed by atoms with Crippen LogP contribution in [0.1, 0.15) is 33.6 Å². The third-order valence-electron chi connectivity index (χ3n) is 6.15. The molecular weight excluding hydrogens is 508 g/mol. The van der Waals surface area contributed by atoms with Gasteiger partial charge in [-0.05, 0) is 44.9 Å². The van der Waals surface area contributed by atoms with E-state index in [1.807, 2.05) is 19.9 Å². The van der Waals surface area contributed by atoms with E-state index in [0.29, 0.717) is 46.8 Å². The molecule has 5 rings (SSSR count). The first-order valence-corrected chi connectivity index (χ1v) is 14.2. The first-order valence-electron chi connectivity index (χ1n) is 12.3. The molecule has 11 nitrogen and oxygen atoms in total. The smallest absolute Gasteiger partial charge is 0.257 e. The van der Waals surface area contributed by atoms with Crippen LogP contribution in [-0.4, -0.2) is 60.8 Å². The van der Waals surface area contributed by atoms with Crippen LogP contribution in [0.4, 0.5) is 23.0 Å². The summed E-state index contributed by atoms with van der Waals surface area (Å²) < 4.78 is 36.7. The van der Waals surface area contributed by atoms with Crippen molar-refractivity contribution >= 4 is 38.8 Å². The maximum Gasteiger partial charge on any atom is 0.257 e. The number of nitrogens with one attached hydrogen (secondary N) is 2. The molecule has 3 aromatic rings. The van der Waals surface area contributed by atoms with Crippen LogP contribution in [0.5, 0.6) is 11.6 Å². The molecule has 1 saturated heterocycles. The van der Waals surface area contributed by atoms with E-state index in [-0.39, 0.29) is 10.9 Å². The van der Waals surface area contributed by atoms with Crippen molar-refractivity contribution in [2.75, 3.05) is 41.5 Å². The molecule has 200 valence electrons. The predicted molar refractivity (Wildman–Crippen MR) is 144 cm³/mol. The molecule has 0 saturated carbocycles. The van der Waals surface area contributed by atoms with Crippen molar-refractivity contribution in [1.29, 1.82) is 0 Å². The Morgan fingerprint density at radius 1 is 1.08 bits per heavy atom. The van der Waals surface area contributed by atoms with Gasteiger partial charge in [-0.2, -0.15) is 0 Å². The number of pyridine rings is 3. The van der Waals surface area contributed by atoms with Gasteiger partial charge in [0, 0.05) is 55.8 Å². The van der Waals surface area contributed by atoms with E-state index in [2.05, 4.69) is 30.5 Å². The van der Waals surface area contributed by atoms with Crippen LogP contribution in [-0.2, 0) is 14.6 Å². The number of fused-ring (bicyclic) bond motifs is 1. The van der Waals surface area contributed by atoms with E-state index in [1.54, 1.807) is 30.5 Å². The summed E-state index contributed by atoms with van der Waals surface area (Å²) in [6, 6.07) is 8.66. The standard InChI is InChI=1S/C26H30N6O5S/c1-16(33)28-22-13-20(18(14-27-22)19-7-8-21-25(30-19)36-15-26(2,3)37-21)29-23-11-17(32-9-5-6-10-32)12-24(31-23)38(4,34)35/h7-8,11-14H,5-6,9-10,15H2,1-4H3,(H2,27,28,29,31,33). The zero-order valence-electron chi connectivity index (χ0n) is 21.7. The summed E-state index contributed by atoms with van der Waals surface area (Å²) in [5, 5.41) is 5.90. The number of nitrogens with zero attached hydrogens (tertiary/aromatic N) is 4. The van der Waals surface area contributed by atoms with Crippen molar-refractivity contribution in [1.82, 2.24) is 15.0 Å². The molecule has 1 amide bonds. The molecule has 0 spiro atoms. The lowest BCUT2D eigenvalue weighted by molar-refractivity contribution is -0.114. The highest BCUT2D eigenvalue weighted by Gasteiger charge is 2.29. The Bertz CT molecular complexity index is 1500. The van der Waals surface area contributed by atoms with Gasteiger partial charge < -0.3 is 25.0 Å². The van der Waals surface area contributed by atoms with Crippen molar-refractivity contribution in [2.24, 2.45) is 0 Å². The van der Waals surface area contributed by atoms with Gasteiger partial charge in [-0.25, -0.2) is 23.4 Å². The first-order chi connectivity index (χ1) is 18.0. The van der Waals surface area contributed by atoms with E-state index >= 15 is 0 Å².